The highest BCUT2D eigenvalue weighted by molar-refractivity contribution is 9.10. The van der Waals surface area contributed by atoms with E-state index in [-0.39, 0.29) is 28.2 Å². The molecule has 0 atom stereocenters. The molecule has 0 saturated heterocycles. The number of benzene rings is 3. The molecule has 0 bridgehead atoms. The zero-order chi connectivity index (χ0) is 24.5. The number of hydrogen-bond donors (Lipinski definition) is 0. The third kappa shape index (κ3) is 4.62. The molecule has 0 amide bonds. The van der Waals surface area contributed by atoms with Gasteiger partial charge < -0.3 is 18.6 Å². The third-order valence-electron chi connectivity index (χ3n) is 4.67. The molecule has 1 heterocycles. The molecular formula is C24H14BrF3O6. The van der Waals surface area contributed by atoms with Crippen LogP contribution in [0.15, 0.2) is 80.4 Å². The van der Waals surface area contributed by atoms with Gasteiger partial charge in [0.25, 0.3) is 5.76 Å². The Balaban J connectivity index is 1.77. The summed E-state index contributed by atoms with van der Waals surface area (Å²) < 4.78 is 62.3. The standard InChI is InChI=1S/C24H14BrF3O6/c1-31-17-8-4-2-6-15(17)23(30)32-13-10-11-14-19(12-13)34-22(24(26,27)28)21(20(14)29)33-18-9-5-3-7-16(18)25/h2-12H,1H3. The zero-order valence-corrected chi connectivity index (χ0v) is 18.9. The summed E-state index contributed by atoms with van der Waals surface area (Å²) in [4.78, 5) is 25.4. The number of carbonyl (C=O) groups is 1. The summed E-state index contributed by atoms with van der Waals surface area (Å²) in [6, 6.07) is 15.9. The first-order chi connectivity index (χ1) is 16.2. The van der Waals surface area contributed by atoms with Crippen molar-refractivity contribution in [1.82, 2.24) is 0 Å². The predicted molar refractivity (Wildman–Crippen MR) is 120 cm³/mol. The van der Waals surface area contributed by atoms with Gasteiger partial charge in [-0.15, -0.1) is 0 Å². The average Bonchev–Trinajstić information content (AvgIpc) is 2.81. The number of carbonyl (C=O) groups excluding carboxylic acids is 1. The summed E-state index contributed by atoms with van der Waals surface area (Å²) in [5, 5.41) is -0.188. The third-order valence-corrected chi connectivity index (χ3v) is 5.32. The second-order valence-corrected chi connectivity index (χ2v) is 7.72. The number of hydrogen-bond acceptors (Lipinski definition) is 6. The van der Waals surface area contributed by atoms with Gasteiger partial charge in [-0.25, -0.2) is 4.79 Å². The Hall–Kier alpha value is -3.79. The second-order valence-electron chi connectivity index (χ2n) is 6.87. The van der Waals surface area contributed by atoms with Crippen LogP contribution in [0.4, 0.5) is 13.2 Å². The van der Waals surface area contributed by atoms with Crippen LogP contribution in [0.3, 0.4) is 0 Å². The molecular weight excluding hydrogens is 521 g/mol. The van der Waals surface area contributed by atoms with Gasteiger partial charge in [0.05, 0.1) is 17.0 Å². The van der Waals surface area contributed by atoms with Crippen LogP contribution < -0.4 is 19.6 Å². The molecule has 0 N–H and O–H groups in total. The second kappa shape index (κ2) is 9.22. The summed E-state index contributed by atoms with van der Waals surface area (Å²) in [5.41, 5.74) is -1.35. The Labute approximate surface area is 198 Å². The fourth-order valence-electron chi connectivity index (χ4n) is 3.11. The van der Waals surface area contributed by atoms with Crippen LogP contribution in [-0.4, -0.2) is 13.1 Å². The Bertz CT molecular complexity index is 1450. The Morgan fingerprint density at radius 3 is 2.32 bits per heavy atom. The summed E-state index contributed by atoms with van der Waals surface area (Å²) in [6.45, 7) is 0. The number of alkyl halides is 3. The minimum absolute atomic E-state index is 0.00186. The highest BCUT2D eigenvalue weighted by Gasteiger charge is 2.40. The summed E-state index contributed by atoms with van der Waals surface area (Å²) >= 11 is 3.17. The molecule has 3 aromatic carbocycles. The molecule has 0 aliphatic heterocycles. The van der Waals surface area contributed by atoms with Gasteiger partial charge in [-0.2, -0.15) is 13.2 Å². The number of fused-ring (bicyclic) bond motifs is 1. The van der Waals surface area contributed by atoms with E-state index in [0.717, 1.165) is 6.07 Å². The van der Waals surface area contributed by atoms with Gasteiger partial charge >= 0.3 is 12.1 Å². The zero-order valence-electron chi connectivity index (χ0n) is 17.3. The monoisotopic (exact) mass is 534 g/mol. The van der Waals surface area contributed by atoms with Gasteiger partial charge in [-0.3, -0.25) is 4.79 Å². The van der Waals surface area contributed by atoms with Crippen molar-refractivity contribution in [3.05, 3.63) is 92.7 Å². The molecule has 0 aliphatic rings. The molecule has 0 unspecified atom stereocenters. The first-order valence-electron chi connectivity index (χ1n) is 9.64. The van der Waals surface area contributed by atoms with Crippen LogP contribution in [0.1, 0.15) is 16.1 Å². The minimum Gasteiger partial charge on any atom is -0.496 e. The van der Waals surface area contributed by atoms with Crippen molar-refractivity contribution in [3.8, 4) is 23.0 Å². The molecule has 0 saturated carbocycles. The number of methoxy groups -OCH3 is 1. The van der Waals surface area contributed by atoms with E-state index < -0.39 is 34.7 Å². The number of esters is 1. The van der Waals surface area contributed by atoms with Crippen LogP contribution in [0.5, 0.6) is 23.0 Å². The SMILES string of the molecule is COc1ccccc1C(=O)Oc1ccc2c(=O)c(Oc3ccccc3Br)c(C(F)(F)F)oc2c1. The maximum absolute atomic E-state index is 13.8. The van der Waals surface area contributed by atoms with E-state index in [9.17, 15) is 22.8 Å². The molecule has 6 nitrogen and oxygen atoms in total. The lowest BCUT2D eigenvalue weighted by Crippen LogP contribution is -2.16. The topological polar surface area (TPSA) is 75.0 Å². The molecule has 34 heavy (non-hydrogen) atoms. The largest absolute Gasteiger partial charge is 0.496 e. The molecule has 4 rings (SSSR count). The van der Waals surface area contributed by atoms with E-state index in [4.69, 9.17) is 18.6 Å². The lowest BCUT2D eigenvalue weighted by atomic mass is 10.2. The first kappa shape index (κ1) is 23.4. The summed E-state index contributed by atoms with van der Waals surface area (Å²) in [7, 11) is 1.38. The van der Waals surface area contributed by atoms with Crippen molar-refractivity contribution in [2.75, 3.05) is 7.11 Å². The van der Waals surface area contributed by atoms with E-state index in [0.29, 0.717) is 4.47 Å². The maximum atomic E-state index is 13.8. The summed E-state index contributed by atoms with van der Waals surface area (Å²) in [6.07, 6.45) is -5.03. The Morgan fingerprint density at radius 1 is 0.971 bits per heavy atom. The highest BCUT2D eigenvalue weighted by Crippen LogP contribution is 2.40. The number of para-hydroxylation sites is 2. The molecule has 0 fully saturated rings. The molecule has 4 aromatic rings. The van der Waals surface area contributed by atoms with E-state index >= 15 is 0 Å². The van der Waals surface area contributed by atoms with Gasteiger partial charge in [-0.05, 0) is 52.3 Å². The molecule has 1 aromatic heterocycles. The quantitative estimate of drug-likeness (QED) is 0.212. The minimum atomic E-state index is -5.03. The lowest BCUT2D eigenvalue weighted by molar-refractivity contribution is -0.154. The van der Waals surface area contributed by atoms with Gasteiger partial charge in [0, 0.05) is 6.07 Å². The van der Waals surface area contributed by atoms with Gasteiger partial charge in [0.15, 0.2) is 0 Å². The van der Waals surface area contributed by atoms with Crippen molar-refractivity contribution >= 4 is 32.9 Å². The van der Waals surface area contributed by atoms with Crippen LogP contribution in [0.2, 0.25) is 0 Å². The van der Waals surface area contributed by atoms with Crippen molar-refractivity contribution < 1.29 is 36.6 Å². The molecule has 174 valence electrons. The summed E-state index contributed by atoms with van der Waals surface area (Å²) in [5.74, 6) is -3.29. The average molecular weight is 535 g/mol. The predicted octanol–water partition coefficient (Wildman–Crippen LogP) is 6.59. The fraction of sp³-hybridized carbons (Fsp3) is 0.0833. The first-order valence-corrected chi connectivity index (χ1v) is 10.4. The van der Waals surface area contributed by atoms with Crippen molar-refractivity contribution in [2.45, 2.75) is 6.18 Å². The fourth-order valence-corrected chi connectivity index (χ4v) is 3.48. The smallest absolute Gasteiger partial charge is 0.453 e. The Morgan fingerprint density at radius 2 is 1.65 bits per heavy atom. The van der Waals surface area contributed by atoms with Crippen LogP contribution in [0.25, 0.3) is 11.0 Å². The van der Waals surface area contributed by atoms with Crippen LogP contribution in [0, 0.1) is 0 Å². The molecule has 0 aliphatic carbocycles. The number of rotatable bonds is 5. The van der Waals surface area contributed by atoms with Crippen molar-refractivity contribution in [2.24, 2.45) is 0 Å². The number of halogens is 4. The number of ether oxygens (including phenoxy) is 3. The van der Waals surface area contributed by atoms with Gasteiger partial charge in [0.2, 0.25) is 11.2 Å². The molecule has 10 heteroatoms. The Kier molecular flexibility index (Phi) is 6.34. The molecule has 0 radical (unpaired) electrons. The normalized spacial score (nSPS) is 11.3. The van der Waals surface area contributed by atoms with Gasteiger partial charge in [0.1, 0.15) is 28.4 Å². The molecule has 0 spiro atoms. The van der Waals surface area contributed by atoms with Crippen LogP contribution >= 0.6 is 15.9 Å². The van der Waals surface area contributed by atoms with E-state index in [1.165, 1.54) is 31.4 Å². The van der Waals surface area contributed by atoms with E-state index in [2.05, 4.69) is 15.9 Å². The maximum Gasteiger partial charge on any atom is 0.453 e. The van der Waals surface area contributed by atoms with Crippen LogP contribution in [-0.2, 0) is 6.18 Å². The lowest BCUT2D eigenvalue weighted by Gasteiger charge is -2.14. The van der Waals surface area contributed by atoms with E-state index in [1.807, 2.05) is 0 Å². The van der Waals surface area contributed by atoms with Crippen molar-refractivity contribution in [1.29, 1.82) is 0 Å². The van der Waals surface area contributed by atoms with Crippen molar-refractivity contribution in [3.63, 3.8) is 0 Å². The van der Waals surface area contributed by atoms with E-state index in [1.54, 1.807) is 36.4 Å². The van der Waals surface area contributed by atoms with Gasteiger partial charge in [-0.1, -0.05) is 24.3 Å². The highest BCUT2D eigenvalue weighted by atomic mass is 79.9.